The predicted molar refractivity (Wildman–Crippen MR) is 83.8 cm³/mol. The van der Waals surface area contributed by atoms with Crippen LogP contribution in [-0.4, -0.2) is 19.6 Å². The highest BCUT2D eigenvalue weighted by Crippen LogP contribution is 2.29. The fraction of sp³-hybridized carbons (Fsp3) is 0.647. The first-order valence-electron chi connectivity index (χ1n) is 7.61. The van der Waals surface area contributed by atoms with E-state index in [1.807, 2.05) is 0 Å². The van der Waals surface area contributed by atoms with Crippen LogP contribution in [0.2, 0.25) is 0 Å². The van der Waals surface area contributed by atoms with Crippen LogP contribution >= 0.6 is 0 Å². The molecule has 0 spiro atoms. The minimum atomic E-state index is 0.204. The highest BCUT2D eigenvalue weighted by molar-refractivity contribution is 5.54. The molecule has 0 radical (unpaired) electrons. The van der Waals surface area contributed by atoms with E-state index in [2.05, 4.69) is 55.7 Å². The van der Waals surface area contributed by atoms with Gasteiger partial charge in [0.2, 0.25) is 0 Å². The number of rotatable bonds is 4. The summed E-state index contributed by atoms with van der Waals surface area (Å²) in [7, 11) is 0. The van der Waals surface area contributed by atoms with Crippen molar-refractivity contribution in [2.45, 2.75) is 45.4 Å². The second-order valence-electron chi connectivity index (χ2n) is 6.72. The van der Waals surface area contributed by atoms with Crippen molar-refractivity contribution in [1.82, 2.24) is 5.32 Å². The first-order valence-corrected chi connectivity index (χ1v) is 7.61. The van der Waals surface area contributed by atoms with Crippen LogP contribution in [0, 0.1) is 5.92 Å². The van der Waals surface area contributed by atoms with Crippen molar-refractivity contribution in [3.05, 3.63) is 29.8 Å². The molecule has 1 unspecified atom stereocenters. The number of hydrogen-bond donors (Lipinski definition) is 2. The highest BCUT2D eigenvalue weighted by atomic mass is 14.9. The Kier molecular flexibility index (Phi) is 4.87. The molecule has 1 atom stereocenters. The Morgan fingerprint density at radius 2 is 2.05 bits per heavy atom. The summed E-state index contributed by atoms with van der Waals surface area (Å²) in [5, 5.41) is 7.13. The monoisotopic (exact) mass is 260 g/mol. The van der Waals surface area contributed by atoms with Crippen LogP contribution in [0.4, 0.5) is 5.69 Å². The van der Waals surface area contributed by atoms with Crippen molar-refractivity contribution in [3.63, 3.8) is 0 Å². The van der Waals surface area contributed by atoms with Gasteiger partial charge in [-0.3, -0.25) is 0 Å². The molecule has 1 heterocycles. The van der Waals surface area contributed by atoms with Gasteiger partial charge in [-0.1, -0.05) is 39.0 Å². The van der Waals surface area contributed by atoms with Gasteiger partial charge in [-0.05, 0) is 55.3 Å². The molecule has 1 aliphatic rings. The first kappa shape index (κ1) is 14.4. The van der Waals surface area contributed by atoms with E-state index < -0.39 is 0 Å². The maximum absolute atomic E-state index is 3.64. The van der Waals surface area contributed by atoms with Gasteiger partial charge in [-0.25, -0.2) is 0 Å². The maximum atomic E-state index is 3.64. The molecule has 2 nitrogen and oxygen atoms in total. The van der Waals surface area contributed by atoms with Gasteiger partial charge in [0.25, 0.3) is 0 Å². The lowest BCUT2D eigenvalue weighted by Crippen LogP contribution is -2.30. The summed E-state index contributed by atoms with van der Waals surface area (Å²) in [6.45, 7) is 10.3. The van der Waals surface area contributed by atoms with Crippen LogP contribution in [0.3, 0.4) is 0 Å². The lowest BCUT2D eigenvalue weighted by atomic mass is 9.85. The molecule has 2 heteroatoms. The lowest BCUT2D eigenvalue weighted by Gasteiger charge is -2.25. The van der Waals surface area contributed by atoms with Gasteiger partial charge >= 0.3 is 0 Å². The Hall–Kier alpha value is -1.02. The van der Waals surface area contributed by atoms with Crippen molar-refractivity contribution < 1.29 is 0 Å². The van der Waals surface area contributed by atoms with E-state index in [-0.39, 0.29) is 5.41 Å². The molecule has 1 fully saturated rings. The Balaban J connectivity index is 1.88. The van der Waals surface area contributed by atoms with E-state index in [1.165, 1.54) is 43.6 Å². The molecule has 1 aromatic carbocycles. The molecule has 0 amide bonds. The summed E-state index contributed by atoms with van der Waals surface area (Å²) in [6.07, 6.45) is 3.99. The Morgan fingerprint density at radius 1 is 1.26 bits per heavy atom. The van der Waals surface area contributed by atoms with Gasteiger partial charge in [0.15, 0.2) is 0 Å². The quantitative estimate of drug-likeness (QED) is 0.861. The summed E-state index contributed by atoms with van der Waals surface area (Å²) in [5.41, 5.74) is 2.92. The van der Waals surface area contributed by atoms with Gasteiger partial charge in [-0.2, -0.15) is 0 Å². The zero-order valence-corrected chi connectivity index (χ0v) is 12.6. The molecule has 0 saturated carbocycles. The van der Waals surface area contributed by atoms with Gasteiger partial charge in [0.1, 0.15) is 0 Å². The summed E-state index contributed by atoms with van der Waals surface area (Å²) in [6, 6.07) is 8.71. The normalized spacial score (nSPS) is 20.3. The zero-order valence-electron chi connectivity index (χ0n) is 12.6. The van der Waals surface area contributed by atoms with E-state index in [4.69, 9.17) is 0 Å². The molecule has 1 saturated heterocycles. The summed E-state index contributed by atoms with van der Waals surface area (Å²) in [5.74, 6) is 0.850. The second-order valence-corrected chi connectivity index (χ2v) is 6.72. The number of nitrogens with one attached hydrogen (secondary N) is 2. The summed E-state index contributed by atoms with van der Waals surface area (Å²) >= 11 is 0. The van der Waals surface area contributed by atoms with Gasteiger partial charge in [-0.15, -0.1) is 0 Å². The van der Waals surface area contributed by atoms with Crippen LogP contribution in [-0.2, 0) is 5.41 Å². The highest BCUT2D eigenvalue weighted by Gasteiger charge is 2.17. The van der Waals surface area contributed by atoms with Crippen LogP contribution in [0.15, 0.2) is 24.3 Å². The number of para-hydroxylation sites is 1. The molecule has 0 aromatic heterocycles. The third-order valence-electron chi connectivity index (χ3n) is 4.00. The van der Waals surface area contributed by atoms with Crippen molar-refractivity contribution in [2.24, 2.45) is 5.92 Å². The minimum Gasteiger partial charge on any atom is -0.385 e. The fourth-order valence-corrected chi connectivity index (χ4v) is 2.87. The van der Waals surface area contributed by atoms with Crippen LogP contribution < -0.4 is 10.6 Å². The molecule has 2 N–H and O–H groups in total. The average molecular weight is 260 g/mol. The van der Waals surface area contributed by atoms with Crippen LogP contribution in [0.1, 0.15) is 45.6 Å². The van der Waals surface area contributed by atoms with Crippen molar-refractivity contribution in [3.8, 4) is 0 Å². The molecule has 1 aromatic rings. The van der Waals surface area contributed by atoms with Crippen LogP contribution in [0.5, 0.6) is 0 Å². The lowest BCUT2D eigenvalue weighted by molar-refractivity contribution is 0.364. The molecule has 19 heavy (non-hydrogen) atoms. The fourth-order valence-electron chi connectivity index (χ4n) is 2.87. The molecule has 1 aliphatic heterocycles. The second kappa shape index (κ2) is 6.42. The smallest absolute Gasteiger partial charge is 0.0378 e. The van der Waals surface area contributed by atoms with E-state index >= 15 is 0 Å². The van der Waals surface area contributed by atoms with Gasteiger partial charge in [0, 0.05) is 12.2 Å². The predicted octanol–water partition coefficient (Wildman–Crippen LogP) is 3.79. The molecule has 2 rings (SSSR count). The third-order valence-corrected chi connectivity index (χ3v) is 4.00. The van der Waals surface area contributed by atoms with E-state index in [9.17, 15) is 0 Å². The number of hydrogen-bond acceptors (Lipinski definition) is 2. The van der Waals surface area contributed by atoms with Crippen molar-refractivity contribution in [1.29, 1.82) is 0 Å². The van der Waals surface area contributed by atoms with Crippen molar-refractivity contribution in [2.75, 3.05) is 25.0 Å². The van der Waals surface area contributed by atoms with Crippen molar-refractivity contribution >= 4 is 5.69 Å². The topological polar surface area (TPSA) is 24.1 Å². The molecule has 106 valence electrons. The standard InChI is InChI=1S/C17H28N2/c1-17(2,3)15-8-4-5-9-16(15)19-12-10-14-7-6-11-18-13-14/h4-5,8-9,14,18-19H,6-7,10-13H2,1-3H3. The summed E-state index contributed by atoms with van der Waals surface area (Å²) in [4.78, 5) is 0. The Bertz CT molecular complexity index is 386. The van der Waals surface area contributed by atoms with Crippen LogP contribution in [0.25, 0.3) is 0 Å². The molecular weight excluding hydrogens is 232 g/mol. The molecule has 0 bridgehead atoms. The van der Waals surface area contributed by atoms with Gasteiger partial charge < -0.3 is 10.6 Å². The largest absolute Gasteiger partial charge is 0.385 e. The average Bonchev–Trinajstić information content (AvgIpc) is 2.39. The molecule has 0 aliphatic carbocycles. The third kappa shape index (κ3) is 4.24. The summed E-state index contributed by atoms with van der Waals surface area (Å²) < 4.78 is 0. The SMILES string of the molecule is CC(C)(C)c1ccccc1NCCC1CCCNC1. The van der Waals surface area contributed by atoms with E-state index in [0.29, 0.717) is 0 Å². The number of piperidine rings is 1. The van der Waals surface area contributed by atoms with E-state index in [0.717, 1.165) is 12.5 Å². The first-order chi connectivity index (χ1) is 9.07. The number of benzene rings is 1. The van der Waals surface area contributed by atoms with E-state index in [1.54, 1.807) is 0 Å². The van der Waals surface area contributed by atoms with Gasteiger partial charge in [0.05, 0.1) is 0 Å². The zero-order chi connectivity index (χ0) is 13.7. The Morgan fingerprint density at radius 3 is 2.74 bits per heavy atom. The number of anilines is 1. The minimum absolute atomic E-state index is 0.204. The Labute approximate surface area is 118 Å². The maximum Gasteiger partial charge on any atom is 0.0378 e. The molecular formula is C17H28N2.